The Hall–Kier alpha value is -1.14. The molecule has 6 heteroatoms. The Morgan fingerprint density at radius 2 is 1.86 bits per heavy atom. The van der Waals surface area contributed by atoms with Crippen molar-refractivity contribution < 1.29 is 19.4 Å². The van der Waals surface area contributed by atoms with Crippen LogP contribution in [0.4, 0.5) is 0 Å². The van der Waals surface area contributed by atoms with E-state index in [4.69, 9.17) is 4.74 Å². The highest BCUT2D eigenvalue weighted by molar-refractivity contribution is 5.79. The van der Waals surface area contributed by atoms with Crippen LogP contribution in [0.5, 0.6) is 0 Å². The van der Waals surface area contributed by atoms with Gasteiger partial charge >= 0.3 is 0 Å². The van der Waals surface area contributed by atoms with Crippen LogP contribution in [-0.2, 0) is 14.3 Å². The van der Waals surface area contributed by atoms with Crippen LogP contribution < -0.4 is 5.32 Å². The maximum Gasteiger partial charge on any atom is 0.246 e. The van der Waals surface area contributed by atoms with Crippen molar-refractivity contribution >= 4 is 11.8 Å². The van der Waals surface area contributed by atoms with Crippen molar-refractivity contribution in [3.8, 4) is 0 Å². The van der Waals surface area contributed by atoms with Gasteiger partial charge in [-0.05, 0) is 62.7 Å². The van der Waals surface area contributed by atoms with Crippen LogP contribution in [0.1, 0.15) is 60.3 Å². The average Bonchev–Trinajstić information content (AvgIpc) is 2.65. The molecule has 2 fully saturated rings. The van der Waals surface area contributed by atoms with Crippen molar-refractivity contribution in [3.05, 3.63) is 0 Å². The number of fused-ring (bicyclic) bond motifs is 1. The molecule has 7 atom stereocenters. The molecule has 0 heterocycles. The molecule has 0 radical (unpaired) electrons. The third-order valence-electron chi connectivity index (χ3n) is 7.62. The highest BCUT2D eigenvalue weighted by atomic mass is 16.5. The monoisotopic (exact) mass is 396 g/mol. The van der Waals surface area contributed by atoms with Gasteiger partial charge in [0.2, 0.25) is 11.8 Å². The molecule has 0 saturated heterocycles. The van der Waals surface area contributed by atoms with E-state index in [2.05, 4.69) is 19.2 Å². The lowest BCUT2D eigenvalue weighted by molar-refractivity contribution is -0.151. The van der Waals surface area contributed by atoms with E-state index in [-0.39, 0.29) is 53.5 Å². The first kappa shape index (κ1) is 23.1. The summed E-state index contributed by atoms with van der Waals surface area (Å²) in [4.78, 5) is 26.8. The maximum absolute atomic E-state index is 12.9. The molecule has 6 nitrogen and oxygen atoms in total. The Kier molecular flexibility index (Phi) is 7.91. The summed E-state index contributed by atoms with van der Waals surface area (Å²) in [6, 6.07) is 0.0444. The third kappa shape index (κ3) is 4.54. The molecule has 0 aliphatic heterocycles. The highest BCUT2D eigenvalue weighted by Gasteiger charge is 2.54. The van der Waals surface area contributed by atoms with Crippen molar-refractivity contribution in [2.45, 2.75) is 72.4 Å². The lowest BCUT2D eigenvalue weighted by Crippen LogP contribution is -2.59. The fourth-order valence-corrected chi connectivity index (χ4v) is 5.88. The number of carbonyl (C=O) groups excluding carboxylic acids is 2. The first-order valence-electron chi connectivity index (χ1n) is 10.9. The molecule has 2 saturated carbocycles. The van der Waals surface area contributed by atoms with E-state index in [0.29, 0.717) is 13.1 Å². The molecule has 2 aliphatic rings. The normalized spacial score (nSPS) is 36.3. The Balaban J connectivity index is 2.16. The van der Waals surface area contributed by atoms with Gasteiger partial charge in [0.15, 0.2) is 0 Å². The van der Waals surface area contributed by atoms with Gasteiger partial charge in [0.1, 0.15) is 6.61 Å². The molecule has 2 amide bonds. The van der Waals surface area contributed by atoms with E-state index in [1.807, 2.05) is 25.7 Å². The van der Waals surface area contributed by atoms with Gasteiger partial charge in [0, 0.05) is 32.2 Å². The van der Waals surface area contributed by atoms with Crippen molar-refractivity contribution in [1.82, 2.24) is 10.2 Å². The molecule has 0 aromatic heterocycles. The van der Waals surface area contributed by atoms with Crippen molar-refractivity contribution in [2.24, 2.45) is 29.1 Å². The molecule has 2 rings (SSSR count). The lowest BCUT2D eigenvalue weighted by atomic mass is 9.51. The van der Waals surface area contributed by atoms with Crippen LogP contribution in [0, 0.1) is 29.1 Å². The number of amides is 2. The molecular weight excluding hydrogens is 356 g/mol. The van der Waals surface area contributed by atoms with E-state index in [1.54, 1.807) is 0 Å². The van der Waals surface area contributed by atoms with E-state index >= 15 is 0 Å². The summed E-state index contributed by atoms with van der Waals surface area (Å²) >= 11 is 0. The second-order valence-corrected chi connectivity index (χ2v) is 9.18. The van der Waals surface area contributed by atoms with E-state index < -0.39 is 6.10 Å². The Bertz CT molecular complexity index is 551. The second-order valence-electron chi connectivity index (χ2n) is 9.18. The standard InChI is InChI=1S/C22H40N2O4/c1-7-24(8-2)21(27)14(3)16-9-11-22(5)12-10-17(23-18(25)13-28-6)15(4)19(22)20(16)26/h14-17,19-20,26H,7-13H2,1-6H3,(H,23,25)/t14-,15+,16?,17-,19+,20-,22-/m0/s1. The summed E-state index contributed by atoms with van der Waals surface area (Å²) in [5.74, 6) is 0.0750. The van der Waals surface area contributed by atoms with Crippen LogP contribution in [0.25, 0.3) is 0 Å². The number of aliphatic hydroxyl groups is 1. The predicted octanol–water partition coefficient (Wildman–Crippen LogP) is 2.45. The lowest BCUT2D eigenvalue weighted by Gasteiger charge is -2.56. The fraction of sp³-hybridized carbons (Fsp3) is 0.909. The molecule has 0 bridgehead atoms. The fourth-order valence-electron chi connectivity index (χ4n) is 5.88. The van der Waals surface area contributed by atoms with Crippen LogP contribution in [0.3, 0.4) is 0 Å². The van der Waals surface area contributed by atoms with Crippen LogP contribution in [0.2, 0.25) is 0 Å². The number of ether oxygens (including phenoxy) is 1. The van der Waals surface area contributed by atoms with Crippen LogP contribution >= 0.6 is 0 Å². The minimum atomic E-state index is -0.523. The quantitative estimate of drug-likeness (QED) is 0.693. The smallest absolute Gasteiger partial charge is 0.246 e. The zero-order valence-corrected chi connectivity index (χ0v) is 18.5. The maximum atomic E-state index is 12.9. The van der Waals surface area contributed by atoms with Gasteiger partial charge in [-0.1, -0.05) is 20.8 Å². The summed E-state index contributed by atoms with van der Waals surface area (Å²) < 4.78 is 4.94. The van der Waals surface area contributed by atoms with Crippen molar-refractivity contribution in [3.63, 3.8) is 0 Å². The Labute approximate surface area is 170 Å². The van der Waals surface area contributed by atoms with Gasteiger partial charge in [-0.15, -0.1) is 0 Å². The van der Waals surface area contributed by atoms with Gasteiger partial charge in [0.05, 0.1) is 6.10 Å². The number of aliphatic hydroxyl groups excluding tert-OH is 1. The van der Waals surface area contributed by atoms with E-state index in [0.717, 1.165) is 25.7 Å². The summed E-state index contributed by atoms with van der Waals surface area (Å²) in [6.07, 6.45) is 3.30. The molecule has 0 aromatic rings. The SMILES string of the molecule is CCN(CC)C(=O)[C@@H](C)C1CC[C@@]2(C)CC[C@H](NC(=O)COC)[C@@H](C)[C@@H]2[C@H]1O. The predicted molar refractivity (Wildman–Crippen MR) is 110 cm³/mol. The Morgan fingerprint density at radius 1 is 1.25 bits per heavy atom. The molecular formula is C22H40N2O4. The van der Waals surface area contributed by atoms with Crippen LogP contribution in [-0.4, -0.2) is 60.8 Å². The van der Waals surface area contributed by atoms with Crippen molar-refractivity contribution in [1.29, 1.82) is 0 Å². The van der Waals surface area contributed by atoms with E-state index in [1.165, 1.54) is 7.11 Å². The van der Waals surface area contributed by atoms with E-state index in [9.17, 15) is 14.7 Å². The molecule has 2 N–H and O–H groups in total. The Morgan fingerprint density at radius 3 is 2.43 bits per heavy atom. The summed E-state index contributed by atoms with van der Waals surface area (Å²) in [7, 11) is 1.52. The molecule has 0 spiro atoms. The largest absolute Gasteiger partial charge is 0.392 e. The average molecular weight is 397 g/mol. The second kappa shape index (κ2) is 9.57. The number of rotatable bonds is 7. The number of methoxy groups -OCH3 is 1. The summed E-state index contributed by atoms with van der Waals surface area (Å²) in [5, 5.41) is 14.5. The first-order chi connectivity index (χ1) is 13.2. The van der Waals surface area contributed by atoms with Crippen molar-refractivity contribution in [2.75, 3.05) is 26.8 Å². The molecule has 0 aromatic carbocycles. The zero-order chi connectivity index (χ0) is 21.1. The summed E-state index contributed by atoms with van der Waals surface area (Å²) in [6.45, 7) is 11.9. The molecule has 28 heavy (non-hydrogen) atoms. The van der Waals surface area contributed by atoms with Gasteiger partial charge in [-0.3, -0.25) is 9.59 Å². The number of nitrogens with zero attached hydrogens (tertiary/aromatic N) is 1. The first-order valence-corrected chi connectivity index (χ1v) is 10.9. The topological polar surface area (TPSA) is 78.9 Å². The minimum Gasteiger partial charge on any atom is -0.392 e. The van der Waals surface area contributed by atoms with Gasteiger partial charge in [-0.2, -0.15) is 0 Å². The number of carbonyl (C=O) groups is 2. The number of hydrogen-bond acceptors (Lipinski definition) is 4. The number of nitrogens with one attached hydrogen (secondary N) is 1. The number of hydrogen-bond donors (Lipinski definition) is 2. The highest BCUT2D eigenvalue weighted by Crippen LogP contribution is 2.55. The minimum absolute atomic E-state index is 0.0259. The zero-order valence-electron chi connectivity index (χ0n) is 18.5. The molecule has 2 aliphatic carbocycles. The third-order valence-corrected chi connectivity index (χ3v) is 7.62. The van der Waals surface area contributed by atoms with Gasteiger partial charge in [0.25, 0.3) is 0 Å². The van der Waals surface area contributed by atoms with Gasteiger partial charge in [-0.25, -0.2) is 0 Å². The van der Waals surface area contributed by atoms with Gasteiger partial charge < -0.3 is 20.1 Å². The molecule has 162 valence electrons. The summed E-state index contributed by atoms with van der Waals surface area (Å²) in [5.41, 5.74) is 0.0653. The van der Waals surface area contributed by atoms with Crippen LogP contribution in [0.15, 0.2) is 0 Å². The molecule has 1 unspecified atom stereocenters.